The summed E-state index contributed by atoms with van der Waals surface area (Å²) in [7, 11) is 3.16. The van der Waals surface area contributed by atoms with Crippen molar-refractivity contribution in [2.45, 2.75) is 12.8 Å². The van der Waals surface area contributed by atoms with E-state index in [2.05, 4.69) is 11.9 Å². The molecule has 7 heteroatoms. The monoisotopic (exact) mass is 396 g/mol. The summed E-state index contributed by atoms with van der Waals surface area (Å²) in [6, 6.07) is 10.8. The number of aryl methyl sites for hydroxylation is 1. The van der Waals surface area contributed by atoms with Crippen molar-refractivity contribution in [1.29, 1.82) is 0 Å². The molecule has 1 aliphatic heterocycles. The maximum atomic E-state index is 12.4. The van der Waals surface area contributed by atoms with Gasteiger partial charge in [0.05, 0.1) is 19.9 Å². The number of nitrogens with zero attached hydrogens (tertiary/aromatic N) is 1. The summed E-state index contributed by atoms with van der Waals surface area (Å²) in [6.45, 7) is 4.07. The highest BCUT2D eigenvalue weighted by Gasteiger charge is 2.25. The molecule has 0 saturated carbocycles. The second-order valence-electron chi connectivity index (χ2n) is 6.50. The molecule has 29 heavy (non-hydrogen) atoms. The van der Waals surface area contributed by atoms with Crippen molar-refractivity contribution in [2.75, 3.05) is 37.6 Å². The van der Waals surface area contributed by atoms with Crippen LogP contribution in [0.5, 0.6) is 17.2 Å². The van der Waals surface area contributed by atoms with E-state index in [1.807, 2.05) is 18.2 Å². The molecule has 1 aliphatic rings. The van der Waals surface area contributed by atoms with Crippen LogP contribution in [0.3, 0.4) is 0 Å². The zero-order valence-corrected chi connectivity index (χ0v) is 16.6. The molecule has 2 aromatic rings. The van der Waals surface area contributed by atoms with Gasteiger partial charge >= 0.3 is 0 Å². The topological polar surface area (TPSA) is 77.1 Å². The lowest BCUT2D eigenvalue weighted by Gasteiger charge is -2.28. The van der Waals surface area contributed by atoms with Crippen LogP contribution in [-0.2, 0) is 16.0 Å². The van der Waals surface area contributed by atoms with E-state index in [9.17, 15) is 9.59 Å². The number of ether oxygens (including phenoxy) is 3. The number of carbonyl (C=O) groups excluding carboxylic acids is 2. The van der Waals surface area contributed by atoms with E-state index in [0.717, 1.165) is 5.56 Å². The number of fused-ring (bicyclic) bond motifs is 1. The van der Waals surface area contributed by atoms with Crippen LogP contribution in [0.25, 0.3) is 0 Å². The van der Waals surface area contributed by atoms with Crippen molar-refractivity contribution in [2.24, 2.45) is 0 Å². The second-order valence-corrected chi connectivity index (χ2v) is 6.50. The molecule has 0 radical (unpaired) electrons. The van der Waals surface area contributed by atoms with Crippen molar-refractivity contribution >= 4 is 23.2 Å². The van der Waals surface area contributed by atoms with Crippen LogP contribution in [0, 0.1) is 0 Å². The SMILES string of the molecule is C=CCN1C(=O)COc2ccc(NC(=O)CCc3ccc(OC)c(OC)c3)cc21. The molecule has 1 N–H and O–H groups in total. The van der Waals surface area contributed by atoms with Crippen LogP contribution < -0.4 is 24.4 Å². The molecule has 0 fully saturated rings. The standard InChI is InChI=1S/C22H24N2O5/c1-4-11-24-17-13-16(7-9-18(17)29-14-22(24)26)23-21(25)10-6-15-5-8-19(27-2)20(12-15)28-3/h4-5,7-9,12-13H,1,6,10-11,14H2,2-3H3,(H,23,25). The van der Waals surface area contributed by atoms with Gasteiger partial charge in [0, 0.05) is 18.7 Å². The Hall–Kier alpha value is -3.48. The number of methoxy groups -OCH3 is 2. The van der Waals surface area contributed by atoms with E-state index < -0.39 is 0 Å². The van der Waals surface area contributed by atoms with Gasteiger partial charge in [-0.2, -0.15) is 0 Å². The lowest BCUT2D eigenvalue weighted by Crippen LogP contribution is -2.38. The van der Waals surface area contributed by atoms with Crippen LogP contribution >= 0.6 is 0 Å². The Bertz CT molecular complexity index is 925. The first-order valence-corrected chi connectivity index (χ1v) is 9.24. The van der Waals surface area contributed by atoms with Crippen LogP contribution in [0.2, 0.25) is 0 Å². The minimum Gasteiger partial charge on any atom is -0.493 e. The quantitative estimate of drug-likeness (QED) is 0.694. The molecular formula is C22H24N2O5. The molecule has 0 aromatic heterocycles. The maximum absolute atomic E-state index is 12.4. The molecule has 2 amide bonds. The van der Waals surface area contributed by atoms with E-state index >= 15 is 0 Å². The molecular weight excluding hydrogens is 372 g/mol. The first kappa shape index (κ1) is 20.3. The van der Waals surface area contributed by atoms with Gasteiger partial charge in [0.15, 0.2) is 18.1 Å². The maximum Gasteiger partial charge on any atom is 0.265 e. The zero-order valence-electron chi connectivity index (χ0n) is 16.6. The summed E-state index contributed by atoms with van der Waals surface area (Å²) >= 11 is 0. The summed E-state index contributed by atoms with van der Waals surface area (Å²) < 4.78 is 16.0. The van der Waals surface area contributed by atoms with Crippen LogP contribution in [0.1, 0.15) is 12.0 Å². The highest BCUT2D eigenvalue weighted by molar-refractivity contribution is 5.99. The fraction of sp³-hybridized carbons (Fsp3) is 0.273. The lowest BCUT2D eigenvalue weighted by atomic mass is 10.1. The third-order valence-corrected chi connectivity index (χ3v) is 4.59. The van der Waals surface area contributed by atoms with Gasteiger partial charge in [-0.3, -0.25) is 9.59 Å². The van der Waals surface area contributed by atoms with Gasteiger partial charge < -0.3 is 24.4 Å². The van der Waals surface area contributed by atoms with Crippen molar-refractivity contribution in [3.63, 3.8) is 0 Å². The van der Waals surface area contributed by atoms with Gasteiger partial charge in [0.2, 0.25) is 5.91 Å². The Morgan fingerprint density at radius 3 is 2.72 bits per heavy atom. The van der Waals surface area contributed by atoms with Gasteiger partial charge in [-0.1, -0.05) is 12.1 Å². The minimum atomic E-state index is -0.144. The van der Waals surface area contributed by atoms with Crippen LogP contribution in [0.15, 0.2) is 49.1 Å². The van der Waals surface area contributed by atoms with Crippen molar-refractivity contribution in [3.8, 4) is 17.2 Å². The molecule has 0 spiro atoms. The lowest BCUT2D eigenvalue weighted by molar-refractivity contribution is -0.121. The molecule has 0 aliphatic carbocycles. The average Bonchev–Trinajstić information content (AvgIpc) is 2.74. The van der Waals surface area contributed by atoms with Gasteiger partial charge in [-0.15, -0.1) is 6.58 Å². The summed E-state index contributed by atoms with van der Waals surface area (Å²) in [5.41, 5.74) is 2.20. The number of rotatable bonds is 8. The zero-order chi connectivity index (χ0) is 20.8. The second kappa shape index (κ2) is 9.14. The molecule has 0 atom stereocenters. The summed E-state index contributed by atoms with van der Waals surface area (Å²) in [4.78, 5) is 26.1. The number of amides is 2. The molecule has 1 heterocycles. The fourth-order valence-corrected chi connectivity index (χ4v) is 3.13. The van der Waals surface area contributed by atoms with Gasteiger partial charge in [-0.25, -0.2) is 0 Å². The van der Waals surface area contributed by atoms with E-state index in [0.29, 0.717) is 48.0 Å². The predicted molar refractivity (Wildman–Crippen MR) is 111 cm³/mol. The summed E-state index contributed by atoms with van der Waals surface area (Å²) in [6.07, 6.45) is 2.51. The van der Waals surface area contributed by atoms with E-state index in [1.54, 1.807) is 43.4 Å². The molecule has 0 saturated heterocycles. The van der Waals surface area contributed by atoms with Crippen LogP contribution in [-0.4, -0.2) is 39.2 Å². The fourth-order valence-electron chi connectivity index (χ4n) is 3.13. The number of carbonyl (C=O) groups is 2. The number of hydrogen-bond acceptors (Lipinski definition) is 5. The molecule has 2 aromatic carbocycles. The van der Waals surface area contributed by atoms with Crippen molar-refractivity contribution in [1.82, 2.24) is 0 Å². The minimum absolute atomic E-state index is 0.00211. The summed E-state index contributed by atoms with van der Waals surface area (Å²) in [5, 5.41) is 2.88. The normalized spacial score (nSPS) is 12.6. The number of hydrogen-bond donors (Lipinski definition) is 1. The highest BCUT2D eigenvalue weighted by atomic mass is 16.5. The van der Waals surface area contributed by atoms with Gasteiger partial charge in [0.25, 0.3) is 5.91 Å². The Labute approximate surface area is 169 Å². The third-order valence-electron chi connectivity index (χ3n) is 4.59. The number of benzene rings is 2. The van der Waals surface area contributed by atoms with Crippen molar-refractivity contribution < 1.29 is 23.8 Å². The summed E-state index contributed by atoms with van der Waals surface area (Å²) in [5.74, 6) is 1.62. The predicted octanol–water partition coefficient (Wildman–Crippen LogP) is 3.19. The Balaban J connectivity index is 1.65. The Kier molecular flexibility index (Phi) is 6.39. The molecule has 7 nitrogen and oxygen atoms in total. The van der Waals surface area contributed by atoms with Crippen molar-refractivity contribution in [3.05, 3.63) is 54.6 Å². The van der Waals surface area contributed by atoms with E-state index in [4.69, 9.17) is 14.2 Å². The van der Waals surface area contributed by atoms with E-state index in [-0.39, 0.29) is 18.4 Å². The molecule has 152 valence electrons. The first-order chi connectivity index (χ1) is 14.0. The number of anilines is 2. The van der Waals surface area contributed by atoms with Crippen LogP contribution in [0.4, 0.5) is 11.4 Å². The average molecular weight is 396 g/mol. The molecule has 0 bridgehead atoms. The smallest absolute Gasteiger partial charge is 0.265 e. The molecule has 3 rings (SSSR count). The third kappa shape index (κ3) is 4.68. The Morgan fingerprint density at radius 1 is 1.21 bits per heavy atom. The first-order valence-electron chi connectivity index (χ1n) is 9.24. The van der Waals surface area contributed by atoms with E-state index in [1.165, 1.54) is 0 Å². The number of nitrogens with one attached hydrogen (secondary N) is 1. The Morgan fingerprint density at radius 2 is 2.00 bits per heavy atom. The van der Waals surface area contributed by atoms with Gasteiger partial charge in [0.1, 0.15) is 5.75 Å². The molecule has 0 unspecified atom stereocenters. The largest absolute Gasteiger partial charge is 0.493 e. The van der Waals surface area contributed by atoms with Gasteiger partial charge in [-0.05, 0) is 42.3 Å². The highest BCUT2D eigenvalue weighted by Crippen LogP contribution is 2.34.